The van der Waals surface area contributed by atoms with Gasteiger partial charge in [0.1, 0.15) is 0 Å². The summed E-state index contributed by atoms with van der Waals surface area (Å²) >= 11 is 0. The van der Waals surface area contributed by atoms with Crippen molar-refractivity contribution >= 4 is 29.4 Å². The second-order valence-electron chi connectivity index (χ2n) is 7.26. The van der Waals surface area contributed by atoms with Crippen LogP contribution in [0, 0.1) is 23.7 Å². The fourth-order valence-corrected chi connectivity index (χ4v) is 8.34. The minimum absolute atomic E-state index is 0. The van der Waals surface area contributed by atoms with Crippen LogP contribution in [0.15, 0.2) is 0 Å². The van der Waals surface area contributed by atoms with E-state index in [4.69, 9.17) is 26.6 Å². The maximum atomic E-state index is 12.4. The van der Waals surface area contributed by atoms with E-state index in [1.54, 1.807) is 42.7 Å². The van der Waals surface area contributed by atoms with E-state index < -0.39 is 17.6 Å². The van der Waals surface area contributed by atoms with Crippen molar-refractivity contribution in [1.29, 1.82) is 0 Å². The molecule has 0 bridgehead atoms. The summed E-state index contributed by atoms with van der Waals surface area (Å²) in [5, 5.41) is 3.74. The van der Waals surface area contributed by atoms with Crippen LogP contribution in [0.25, 0.3) is 5.32 Å². The monoisotopic (exact) mass is 618 g/mol. The minimum Gasteiger partial charge on any atom is -0.595 e. The van der Waals surface area contributed by atoms with Crippen LogP contribution >= 0.6 is 0 Å². The SMILES string of the molecule is CO[Si](CCC1CC(CC[Si](OC)(OC)OC)C2C(=O)[N-]C(=O)C12)(OC)OC.[W]. The molecule has 0 N–H and O–H groups in total. The first-order valence-corrected chi connectivity index (χ1v) is 13.3. The van der Waals surface area contributed by atoms with Crippen molar-refractivity contribution in [3.05, 3.63) is 5.32 Å². The largest absolute Gasteiger partial charge is 0.595 e. The number of imide groups is 1. The molecule has 0 aromatic heterocycles. The molecule has 0 aromatic rings. The van der Waals surface area contributed by atoms with Gasteiger partial charge in [-0.1, -0.05) is 0 Å². The van der Waals surface area contributed by atoms with Crippen LogP contribution in [-0.4, -0.2) is 72.1 Å². The van der Waals surface area contributed by atoms with Crippen molar-refractivity contribution in [3.8, 4) is 0 Å². The molecule has 29 heavy (non-hydrogen) atoms. The second-order valence-corrected chi connectivity index (χ2v) is 13.4. The summed E-state index contributed by atoms with van der Waals surface area (Å²) in [7, 11) is 3.97. The third-order valence-electron chi connectivity index (χ3n) is 6.31. The molecule has 12 heteroatoms. The Balaban J connectivity index is 0.00000420. The van der Waals surface area contributed by atoms with Crippen LogP contribution in [0.3, 0.4) is 0 Å². The van der Waals surface area contributed by atoms with E-state index in [0.717, 1.165) is 6.42 Å². The molecule has 0 aromatic carbocycles. The number of rotatable bonds is 12. The number of amides is 2. The van der Waals surface area contributed by atoms with Crippen molar-refractivity contribution in [3.63, 3.8) is 0 Å². The molecule has 1 saturated heterocycles. The molecular weight excluding hydrogens is 586 g/mol. The zero-order valence-electron chi connectivity index (χ0n) is 18.0. The van der Waals surface area contributed by atoms with E-state index in [0.29, 0.717) is 24.9 Å². The van der Waals surface area contributed by atoms with Crippen LogP contribution < -0.4 is 0 Å². The number of hydrogen-bond acceptors (Lipinski definition) is 8. The van der Waals surface area contributed by atoms with Gasteiger partial charge in [0.05, 0.1) is 11.8 Å². The Morgan fingerprint density at radius 3 is 1.31 bits per heavy atom. The fourth-order valence-electron chi connectivity index (χ4n) is 4.67. The van der Waals surface area contributed by atoms with E-state index in [1.165, 1.54) is 0 Å². The molecule has 4 atom stereocenters. The van der Waals surface area contributed by atoms with E-state index in [1.807, 2.05) is 0 Å². The predicted octanol–water partition coefficient (Wildman–Crippen LogP) is 1.83. The first-order chi connectivity index (χ1) is 13.3. The van der Waals surface area contributed by atoms with Crippen LogP contribution in [0.4, 0.5) is 0 Å². The van der Waals surface area contributed by atoms with Gasteiger partial charge in [-0.05, 0) is 31.1 Å². The van der Waals surface area contributed by atoms with Gasteiger partial charge < -0.3 is 41.5 Å². The molecule has 1 aliphatic carbocycles. The summed E-state index contributed by atoms with van der Waals surface area (Å²) in [4.78, 5) is 24.8. The quantitative estimate of drug-likeness (QED) is 0.241. The van der Waals surface area contributed by atoms with Crippen molar-refractivity contribution in [2.45, 2.75) is 31.4 Å². The number of carbonyl (C=O) groups excluding carboxylic acids is 2. The normalized spacial score (nSPS) is 27.0. The molecule has 4 unspecified atom stereocenters. The summed E-state index contributed by atoms with van der Waals surface area (Å²) in [5.41, 5.74) is 0. The molecule has 9 nitrogen and oxygen atoms in total. The maximum absolute atomic E-state index is 12.4. The average molecular weight is 618 g/mol. The summed E-state index contributed by atoms with van der Waals surface area (Å²) in [5.74, 6) is -1.22. The van der Waals surface area contributed by atoms with E-state index >= 15 is 0 Å². The Bertz CT molecular complexity index is 499. The number of fused-ring (bicyclic) bond motifs is 1. The van der Waals surface area contributed by atoms with Crippen LogP contribution in [0.1, 0.15) is 19.3 Å². The summed E-state index contributed by atoms with van der Waals surface area (Å²) in [6.45, 7) is 0. The molecule has 1 heterocycles. The molecule has 2 fully saturated rings. The topological polar surface area (TPSA) is 104 Å². The zero-order chi connectivity index (χ0) is 20.9. The minimum atomic E-state index is -2.74. The first kappa shape index (κ1) is 27.1. The van der Waals surface area contributed by atoms with Crippen molar-refractivity contribution < 1.29 is 57.2 Å². The fraction of sp³-hybridized carbons (Fsp3) is 0.882. The molecule has 2 rings (SSSR count). The molecule has 1 saturated carbocycles. The van der Waals surface area contributed by atoms with Gasteiger partial charge in [0.25, 0.3) is 0 Å². The second kappa shape index (κ2) is 11.6. The van der Waals surface area contributed by atoms with Gasteiger partial charge >= 0.3 is 17.6 Å². The standard InChI is InChI=1S/C17H33NO8Si2.W/c1-21-27(22-2,23-3)9-7-12-11-13(8-10-28(24-4,25-5)26-6)15-14(12)16(19)18-17(15)20;/h12-15H,7-11H2,1-6H3,(H,18,19,20);/p-1. The van der Waals surface area contributed by atoms with Crippen LogP contribution in [-0.2, 0) is 57.2 Å². The molecule has 168 valence electrons. The number of hydrogen-bond donors (Lipinski definition) is 0. The Morgan fingerprint density at radius 1 is 0.724 bits per heavy atom. The Morgan fingerprint density at radius 2 is 1.03 bits per heavy atom. The third-order valence-corrected chi connectivity index (χ3v) is 11.8. The number of carbonyl (C=O) groups is 2. The third kappa shape index (κ3) is 5.64. The zero-order valence-corrected chi connectivity index (χ0v) is 22.9. The molecule has 1 aliphatic heterocycles. The van der Waals surface area contributed by atoms with E-state index in [-0.39, 0.29) is 56.6 Å². The predicted molar refractivity (Wildman–Crippen MR) is 104 cm³/mol. The Hall–Kier alpha value is 0.0221. The van der Waals surface area contributed by atoms with Crippen LogP contribution in [0.5, 0.6) is 0 Å². The van der Waals surface area contributed by atoms with E-state index in [2.05, 4.69) is 5.32 Å². The summed E-state index contributed by atoms with van der Waals surface area (Å²) in [6, 6.07) is 1.18. The van der Waals surface area contributed by atoms with Gasteiger partial charge in [0, 0.05) is 87.6 Å². The van der Waals surface area contributed by atoms with Gasteiger partial charge in [0.2, 0.25) is 0 Å². The smallest absolute Gasteiger partial charge is 0.500 e. The van der Waals surface area contributed by atoms with Gasteiger partial charge in [0.15, 0.2) is 0 Å². The first-order valence-electron chi connectivity index (χ1n) is 9.45. The molecule has 0 spiro atoms. The van der Waals surface area contributed by atoms with Gasteiger partial charge in [-0.3, -0.25) is 0 Å². The van der Waals surface area contributed by atoms with Crippen molar-refractivity contribution in [1.82, 2.24) is 0 Å². The molecule has 0 radical (unpaired) electrons. The average Bonchev–Trinajstić information content (AvgIpc) is 3.23. The van der Waals surface area contributed by atoms with E-state index in [9.17, 15) is 9.59 Å². The van der Waals surface area contributed by atoms with Crippen molar-refractivity contribution in [2.75, 3.05) is 42.7 Å². The summed E-state index contributed by atoms with van der Waals surface area (Å²) < 4.78 is 33.0. The van der Waals surface area contributed by atoms with Gasteiger partial charge in [-0.25, -0.2) is 0 Å². The molecule has 2 amide bonds. The maximum Gasteiger partial charge on any atom is 0.500 e. The molecule has 2 aliphatic rings. The summed E-state index contributed by atoms with van der Waals surface area (Å²) in [6.07, 6.45) is 2.15. The Kier molecular flexibility index (Phi) is 10.8. The molecular formula is C17H32NO8Si2W-. The van der Waals surface area contributed by atoms with Crippen molar-refractivity contribution in [2.24, 2.45) is 23.7 Å². The Labute approximate surface area is 189 Å². The van der Waals surface area contributed by atoms with Gasteiger partial charge in [-0.2, -0.15) is 0 Å². The van der Waals surface area contributed by atoms with Crippen LogP contribution in [0.2, 0.25) is 12.1 Å². The number of nitrogens with zero attached hydrogens (tertiary/aromatic N) is 1. The van der Waals surface area contributed by atoms with Gasteiger partial charge in [-0.15, -0.1) is 0 Å².